The molecule has 0 bridgehead atoms. The Balaban J connectivity index is 1.61. The van der Waals surface area contributed by atoms with Crippen LogP contribution in [-0.2, 0) is 12.6 Å². The SMILES string of the molecule is CN=C(NCCCSc1ccccc1)NCCc1nc(C(F)(F)F)cs1. The second-order valence-corrected chi connectivity index (χ2v) is 7.43. The van der Waals surface area contributed by atoms with Crippen LogP contribution in [0.5, 0.6) is 0 Å². The largest absolute Gasteiger partial charge is 0.434 e. The number of rotatable bonds is 8. The molecular formula is C17H21F3N4S2. The molecule has 0 atom stereocenters. The molecular weight excluding hydrogens is 381 g/mol. The van der Waals surface area contributed by atoms with Crippen molar-refractivity contribution in [3.05, 3.63) is 46.4 Å². The van der Waals surface area contributed by atoms with E-state index in [9.17, 15) is 13.2 Å². The van der Waals surface area contributed by atoms with E-state index >= 15 is 0 Å². The summed E-state index contributed by atoms with van der Waals surface area (Å²) in [6.07, 6.45) is -2.98. The number of aliphatic imine (C=N–C) groups is 1. The molecule has 0 spiro atoms. The molecule has 0 fully saturated rings. The summed E-state index contributed by atoms with van der Waals surface area (Å²) in [4.78, 5) is 8.97. The van der Waals surface area contributed by atoms with Crippen LogP contribution in [0, 0.1) is 0 Å². The van der Waals surface area contributed by atoms with Gasteiger partial charge in [-0.25, -0.2) is 4.98 Å². The van der Waals surface area contributed by atoms with Gasteiger partial charge in [0.05, 0.1) is 5.01 Å². The number of halogens is 3. The van der Waals surface area contributed by atoms with Crippen molar-refractivity contribution < 1.29 is 13.2 Å². The van der Waals surface area contributed by atoms with E-state index in [1.54, 1.807) is 18.8 Å². The molecule has 4 nitrogen and oxygen atoms in total. The zero-order valence-electron chi connectivity index (χ0n) is 14.3. The molecule has 2 aromatic rings. The number of alkyl halides is 3. The monoisotopic (exact) mass is 402 g/mol. The second-order valence-electron chi connectivity index (χ2n) is 5.32. The van der Waals surface area contributed by atoms with E-state index in [-0.39, 0.29) is 0 Å². The first-order valence-electron chi connectivity index (χ1n) is 8.13. The van der Waals surface area contributed by atoms with Gasteiger partial charge in [0.25, 0.3) is 0 Å². The second kappa shape index (κ2) is 10.4. The number of benzene rings is 1. The highest BCUT2D eigenvalue weighted by atomic mass is 32.2. The van der Waals surface area contributed by atoms with Gasteiger partial charge in [0, 0.05) is 36.8 Å². The maximum absolute atomic E-state index is 12.5. The molecule has 0 aliphatic carbocycles. The molecule has 0 saturated heterocycles. The van der Waals surface area contributed by atoms with Gasteiger partial charge in [-0.3, -0.25) is 4.99 Å². The fourth-order valence-electron chi connectivity index (χ4n) is 2.05. The number of thiazole rings is 1. The average molecular weight is 403 g/mol. The third-order valence-electron chi connectivity index (χ3n) is 3.32. The van der Waals surface area contributed by atoms with Crippen molar-refractivity contribution >= 4 is 29.1 Å². The molecule has 0 amide bonds. The van der Waals surface area contributed by atoms with Crippen molar-refractivity contribution in [1.82, 2.24) is 15.6 Å². The van der Waals surface area contributed by atoms with Gasteiger partial charge in [-0.2, -0.15) is 13.2 Å². The number of hydrogen-bond donors (Lipinski definition) is 2. The summed E-state index contributed by atoms with van der Waals surface area (Å²) in [5, 5.41) is 7.80. The molecule has 142 valence electrons. The first-order chi connectivity index (χ1) is 12.5. The topological polar surface area (TPSA) is 49.3 Å². The lowest BCUT2D eigenvalue weighted by molar-refractivity contribution is -0.140. The van der Waals surface area contributed by atoms with E-state index < -0.39 is 11.9 Å². The van der Waals surface area contributed by atoms with E-state index in [2.05, 4.69) is 32.7 Å². The smallest absolute Gasteiger partial charge is 0.356 e. The van der Waals surface area contributed by atoms with Gasteiger partial charge in [0.1, 0.15) is 0 Å². The van der Waals surface area contributed by atoms with Gasteiger partial charge in [0.15, 0.2) is 11.7 Å². The van der Waals surface area contributed by atoms with E-state index in [4.69, 9.17) is 0 Å². The predicted octanol–water partition coefficient (Wildman–Crippen LogP) is 4.05. The highest BCUT2D eigenvalue weighted by Gasteiger charge is 2.33. The van der Waals surface area contributed by atoms with Crippen LogP contribution in [0.4, 0.5) is 13.2 Å². The van der Waals surface area contributed by atoms with Crippen LogP contribution in [0.1, 0.15) is 17.1 Å². The number of aromatic nitrogens is 1. The molecule has 1 heterocycles. The van der Waals surface area contributed by atoms with Gasteiger partial charge in [-0.15, -0.1) is 23.1 Å². The standard InChI is InChI=1S/C17H21F3N4S2/c1-21-16(22-9-5-11-25-13-6-3-2-4-7-13)23-10-8-15-24-14(12-26-15)17(18,19)20/h2-4,6-7,12H,5,8-11H2,1H3,(H2,21,22,23). The van der Waals surface area contributed by atoms with Crippen LogP contribution in [-0.4, -0.2) is 36.8 Å². The Kier molecular flexibility index (Phi) is 8.24. The molecule has 0 radical (unpaired) electrons. The number of thioether (sulfide) groups is 1. The Labute approximate surface area is 159 Å². The summed E-state index contributed by atoms with van der Waals surface area (Å²) in [5.74, 6) is 1.63. The number of hydrogen-bond acceptors (Lipinski definition) is 4. The highest BCUT2D eigenvalue weighted by molar-refractivity contribution is 7.99. The third kappa shape index (κ3) is 7.25. The van der Waals surface area contributed by atoms with Gasteiger partial charge >= 0.3 is 6.18 Å². The first-order valence-corrected chi connectivity index (χ1v) is 9.99. The number of nitrogens with one attached hydrogen (secondary N) is 2. The maximum atomic E-state index is 12.5. The summed E-state index contributed by atoms with van der Waals surface area (Å²) < 4.78 is 37.5. The summed E-state index contributed by atoms with van der Waals surface area (Å²) >= 11 is 2.82. The molecule has 26 heavy (non-hydrogen) atoms. The zero-order valence-corrected chi connectivity index (χ0v) is 16.0. The van der Waals surface area contributed by atoms with Crippen molar-refractivity contribution in [2.75, 3.05) is 25.9 Å². The Morgan fingerprint density at radius 1 is 1.19 bits per heavy atom. The summed E-state index contributed by atoms with van der Waals surface area (Å²) in [6.45, 7) is 1.25. The Hall–Kier alpha value is -1.74. The Morgan fingerprint density at radius 3 is 2.58 bits per heavy atom. The van der Waals surface area contributed by atoms with Crippen LogP contribution < -0.4 is 10.6 Å². The lowest BCUT2D eigenvalue weighted by Gasteiger charge is -2.11. The number of nitrogens with zero attached hydrogens (tertiary/aromatic N) is 2. The lowest BCUT2D eigenvalue weighted by atomic mass is 10.4. The minimum Gasteiger partial charge on any atom is -0.356 e. The van der Waals surface area contributed by atoms with Gasteiger partial charge in [0.2, 0.25) is 0 Å². The summed E-state index contributed by atoms with van der Waals surface area (Å²) in [6, 6.07) is 10.2. The molecule has 0 unspecified atom stereocenters. The minimum atomic E-state index is -4.38. The minimum absolute atomic E-state index is 0.422. The van der Waals surface area contributed by atoms with E-state index in [1.165, 1.54) is 4.90 Å². The van der Waals surface area contributed by atoms with Gasteiger partial charge in [-0.1, -0.05) is 18.2 Å². The maximum Gasteiger partial charge on any atom is 0.434 e. The van der Waals surface area contributed by atoms with Crippen molar-refractivity contribution in [3.8, 4) is 0 Å². The van der Waals surface area contributed by atoms with Crippen molar-refractivity contribution in [2.24, 2.45) is 4.99 Å². The van der Waals surface area contributed by atoms with Gasteiger partial charge in [-0.05, 0) is 24.3 Å². The van der Waals surface area contributed by atoms with Crippen LogP contribution in [0.2, 0.25) is 0 Å². The third-order valence-corrected chi connectivity index (χ3v) is 5.33. The van der Waals surface area contributed by atoms with Crippen LogP contribution in [0.25, 0.3) is 0 Å². The molecule has 0 saturated carbocycles. The molecule has 1 aromatic heterocycles. The van der Waals surface area contributed by atoms with Crippen LogP contribution in [0.15, 0.2) is 45.6 Å². The highest BCUT2D eigenvalue weighted by Crippen LogP contribution is 2.29. The van der Waals surface area contributed by atoms with Gasteiger partial charge < -0.3 is 10.6 Å². The Morgan fingerprint density at radius 2 is 1.92 bits per heavy atom. The zero-order chi connectivity index (χ0) is 18.8. The molecule has 0 aliphatic heterocycles. The first kappa shape index (κ1) is 20.6. The van der Waals surface area contributed by atoms with E-state index in [0.717, 1.165) is 35.4 Å². The molecule has 2 rings (SSSR count). The average Bonchev–Trinajstić information content (AvgIpc) is 3.10. The lowest BCUT2D eigenvalue weighted by Crippen LogP contribution is -2.38. The quantitative estimate of drug-likeness (QED) is 0.303. The normalized spacial score (nSPS) is 12.2. The fraction of sp³-hybridized carbons (Fsp3) is 0.412. The summed E-state index contributed by atoms with van der Waals surface area (Å²) in [7, 11) is 1.67. The van der Waals surface area contributed by atoms with E-state index in [1.807, 2.05) is 18.2 Å². The van der Waals surface area contributed by atoms with Crippen LogP contribution in [0.3, 0.4) is 0 Å². The summed E-state index contributed by atoms with van der Waals surface area (Å²) in [5.41, 5.74) is -0.823. The van der Waals surface area contributed by atoms with Crippen LogP contribution >= 0.6 is 23.1 Å². The van der Waals surface area contributed by atoms with E-state index in [0.29, 0.717) is 23.9 Å². The Bertz CT molecular complexity index is 687. The fourth-order valence-corrected chi connectivity index (χ4v) is 3.73. The molecule has 1 aromatic carbocycles. The van der Waals surface area contributed by atoms with Crippen molar-refractivity contribution in [1.29, 1.82) is 0 Å². The predicted molar refractivity (Wildman–Crippen MR) is 102 cm³/mol. The molecule has 9 heteroatoms. The van der Waals surface area contributed by atoms with Crippen molar-refractivity contribution in [2.45, 2.75) is 23.9 Å². The molecule has 2 N–H and O–H groups in total. The molecule has 0 aliphatic rings. The number of guanidine groups is 1. The van der Waals surface area contributed by atoms with Crippen molar-refractivity contribution in [3.63, 3.8) is 0 Å².